The molecule has 0 spiro atoms. The molecule has 3 heteroatoms. The van der Waals surface area contributed by atoms with Crippen molar-refractivity contribution in [1.82, 2.24) is 4.90 Å². The quantitative estimate of drug-likeness (QED) is 0.833. The third-order valence-electron chi connectivity index (χ3n) is 4.15. The lowest BCUT2D eigenvalue weighted by Gasteiger charge is -2.39. The first-order chi connectivity index (χ1) is 8.61. The van der Waals surface area contributed by atoms with E-state index in [0.29, 0.717) is 6.04 Å². The Morgan fingerprint density at radius 2 is 1.89 bits per heavy atom. The molecule has 3 nitrogen and oxygen atoms in total. The summed E-state index contributed by atoms with van der Waals surface area (Å²) >= 11 is 0. The maximum atomic E-state index is 5.87. The Hall–Kier alpha value is -1.22. The number of rotatable bonds is 3. The molecule has 2 N–H and O–H groups in total. The molecule has 1 unspecified atom stereocenters. The highest BCUT2D eigenvalue weighted by molar-refractivity contribution is 5.58. The molecule has 0 saturated carbocycles. The molecule has 1 atom stereocenters. The molecule has 100 valence electrons. The predicted molar refractivity (Wildman–Crippen MR) is 79.1 cm³/mol. The monoisotopic (exact) mass is 247 g/mol. The van der Waals surface area contributed by atoms with Crippen molar-refractivity contribution in [2.24, 2.45) is 0 Å². The van der Waals surface area contributed by atoms with Gasteiger partial charge in [-0.2, -0.15) is 0 Å². The minimum atomic E-state index is 0.709. The number of piperazine rings is 1. The summed E-state index contributed by atoms with van der Waals surface area (Å²) < 4.78 is 0. The van der Waals surface area contributed by atoms with E-state index in [1.807, 2.05) is 6.07 Å². The Morgan fingerprint density at radius 1 is 1.22 bits per heavy atom. The SMILES string of the molecule is CCC(C)N1CCN(c2ccc(N)c(C)c2)CC1. The summed E-state index contributed by atoms with van der Waals surface area (Å²) in [5, 5.41) is 0. The molecular weight excluding hydrogens is 222 g/mol. The fourth-order valence-electron chi connectivity index (χ4n) is 2.54. The fraction of sp³-hybridized carbons (Fsp3) is 0.600. The molecule has 1 fully saturated rings. The number of nitrogens with two attached hydrogens (primary N) is 1. The molecule has 1 aliphatic rings. The van der Waals surface area contributed by atoms with E-state index in [4.69, 9.17) is 5.73 Å². The smallest absolute Gasteiger partial charge is 0.0371 e. The van der Waals surface area contributed by atoms with E-state index in [1.165, 1.54) is 30.8 Å². The van der Waals surface area contributed by atoms with Gasteiger partial charge in [-0.05, 0) is 44.0 Å². The highest BCUT2D eigenvalue weighted by Gasteiger charge is 2.20. The normalized spacial score (nSPS) is 18.9. The molecule has 0 aromatic heterocycles. The van der Waals surface area contributed by atoms with Gasteiger partial charge in [0.25, 0.3) is 0 Å². The van der Waals surface area contributed by atoms with Gasteiger partial charge in [0.1, 0.15) is 0 Å². The number of hydrogen-bond donors (Lipinski definition) is 1. The third-order valence-corrected chi connectivity index (χ3v) is 4.15. The zero-order valence-electron chi connectivity index (χ0n) is 11.8. The number of nitrogens with zero attached hydrogens (tertiary/aromatic N) is 2. The van der Waals surface area contributed by atoms with Crippen LogP contribution in [0.5, 0.6) is 0 Å². The lowest BCUT2D eigenvalue weighted by atomic mass is 10.1. The van der Waals surface area contributed by atoms with Crippen molar-refractivity contribution < 1.29 is 0 Å². The van der Waals surface area contributed by atoms with Crippen molar-refractivity contribution in [3.63, 3.8) is 0 Å². The van der Waals surface area contributed by atoms with Crippen molar-refractivity contribution in [3.8, 4) is 0 Å². The van der Waals surface area contributed by atoms with Crippen LogP contribution in [0, 0.1) is 6.92 Å². The minimum Gasteiger partial charge on any atom is -0.399 e. The second-order valence-corrected chi connectivity index (χ2v) is 5.32. The van der Waals surface area contributed by atoms with E-state index in [0.717, 1.165) is 18.8 Å². The molecule has 0 radical (unpaired) electrons. The summed E-state index contributed by atoms with van der Waals surface area (Å²) in [6.45, 7) is 11.2. The molecule has 1 aromatic carbocycles. The van der Waals surface area contributed by atoms with Gasteiger partial charge < -0.3 is 10.6 Å². The first-order valence-corrected chi connectivity index (χ1v) is 6.97. The van der Waals surface area contributed by atoms with Crippen molar-refractivity contribution in [2.45, 2.75) is 33.2 Å². The first-order valence-electron chi connectivity index (χ1n) is 6.97. The summed E-state index contributed by atoms with van der Waals surface area (Å²) in [7, 11) is 0. The first kappa shape index (κ1) is 13.2. The average molecular weight is 247 g/mol. The van der Waals surface area contributed by atoms with E-state index in [2.05, 4.69) is 42.7 Å². The molecule has 1 aliphatic heterocycles. The van der Waals surface area contributed by atoms with Gasteiger partial charge in [0, 0.05) is 43.6 Å². The van der Waals surface area contributed by atoms with E-state index >= 15 is 0 Å². The Balaban J connectivity index is 1.99. The third kappa shape index (κ3) is 2.78. The van der Waals surface area contributed by atoms with Crippen molar-refractivity contribution in [3.05, 3.63) is 23.8 Å². The number of anilines is 2. The maximum absolute atomic E-state index is 5.87. The van der Waals surface area contributed by atoms with Gasteiger partial charge in [-0.15, -0.1) is 0 Å². The van der Waals surface area contributed by atoms with Crippen LogP contribution in [0.1, 0.15) is 25.8 Å². The zero-order chi connectivity index (χ0) is 13.1. The molecule has 1 heterocycles. The summed E-state index contributed by atoms with van der Waals surface area (Å²) in [4.78, 5) is 5.05. The van der Waals surface area contributed by atoms with Gasteiger partial charge in [0.05, 0.1) is 0 Å². The number of hydrogen-bond acceptors (Lipinski definition) is 3. The highest BCUT2D eigenvalue weighted by atomic mass is 15.3. The van der Waals surface area contributed by atoms with Crippen LogP contribution < -0.4 is 10.6 Å². The number of benzene rings is 1. The summed E-state index contributed by atoms with van der Waals surface area (Å²) in [5.41, 5.74) is 9.25. The van der Waals surface area contributed by atoms with Crippen LogP contribution in [0.4, 0.5) is 11.4 Å². The van der Waals surface area contributed by atoms with Gasteiger partial charge in [-0.1, -0.05) is 6.92 Å². The van der Waals surface area contributed by atoms with Crippen molar-refractivity contribution in [2.75, 3.05) is 36.8 Å². The molecule has 1 saturated heterocycles. The molecule has 0 amide bonds. The van der Waals surface area contributed by atoms with Crippen LogP contribution in [0.3, 0.4) is 0 Å². The summed E-state index contributed by atoms with van der Waals surface area (Å²) in [5.74, 6) is 0. The predicted octanol–water partition coefficient (Wildman–Crippen LogP) is 2.50. The van der Waals surface area contributed by atoms with E-state index in [-0.39, 0.29) is 0 Å². The number of nitrogen functional groups attached to an aromatic ring is 1. The van der Waals surface area contributed by atoms with Crippen molar-refractivity contribution >= 4 is 11.4 Å². The standard InChI is InChI=1S/C15H25N3/c1-4-13(3)17-7-9-18(10-8-17)14-5-6-15(16)12(2)11-14/h5-6,11,13H,4,7-10,16H2,1-3H3. The van der Waals surface area contributed by atoms with Crippen LogP contribution in [-0.2, 0) is 0 Å². The fourth-order valence-corrected chi connectivity index (χ4v) is 2.54. The second-order valence-electron chi connectivity index (χ2n) is 5.32. The van der Waals surface area contributed by atoms with Gasteiger partial charge in [0.2, 0.25) is 0 Å². The minimum absolute atomic E-state index is 0.709. The van der Waals surface area contributed by atoms with Gasteiger partial charge in [-0.25, -0.2) is 0 Å². The molecular formula is C15H25N3. The largest absolute Gasteiger partial charge is 0.399 e. The van der Waals surface area contributed by atoms with E-state index in [9.17, 15) is 0 Å². The zero-order valence-corrected chi connectivity index (χ0v) is 11.8. The van der Waals surface area contributed by atoms with Crippen LogP contribution >= 0.6 is 0 Å². The highest BCUT2D eigenvalue weighted by Crippen LogP contribution is 2.22. The number of aryl methyl sites for hydroxylation is 1. The van der Waals surface area contributed by atoms with Crippen LogP contribution in [0.15, 0.2) is 18.2 Å². The molecule has 0 bridgehead atoms. The lowest BCUT2D eigenvalue weighted by Crippen LogP contribution is -2.49. The Bertz CT molecular complexity index is 395. The van der Waals surface area contributed by atoms with Gasteiger partial charge in [0.15, 0.2) is 0 Å². The van der Waals surface area contributed by atoms with E-state index < -0.39 is 0 Å². The van der Waals surface area contributed by atoms with Gasteiger partial charge in [-0.3, -0.25) is 4.90 Å². The summed E-state index contributed by atoms with van der Waals surface area (Å²) in [6, 6.07) is 7.07. The topological polar surface area (TPSA) is 32.5 Å². The second kappa shape index (κ2) is 5.61. The van der Waals surface area contributed by atoms with Crippen LogP contribution in [0.2, 0.25) is 0 Å². The van der Waals surface area contributed by atoms with Crippen molar-refractivity contribution in [1.29, 1.82) is 0 Å². The molecule has 1 aromatic rings. The Kier molecular flexibility index (Phi) is 4.12. The molecule has 2 rings (SSSR count). The van der Waals surface area contributed by atoms with Crippen LogP contribution in [-0.4, -0.2) is 37.1 Å². The molecule has 0 aliphatic carbocycles. The average Bonchev–Trinajstić information content (AvgIpc) is 2.41. The Labute approximate surface area is 111 Å². The van der Waals surface area contributed by atoms with Gasteiger partial charge >= 0.3 is 0 Å². The van der Waals surface area contributed by atoms with E-state index in [1.54, 1.807) is 0 Å². The Morgan fingerprint density at radius 3 is 2.44 bits per heavy atom. The van der Waals surface area contributed by atoms with Crippen LogP contribution in [0.25, 0.3) is 0 Å². The molecule has 18 heavy (non-hydrogen) atoms. The summed E-state index contributed by atoms with van der Waals surface area (Å²) in [6.07, 6.45) is 1.24. The maximum Gasteiger partial charge on any atom is 0.0371 e. The lowest BCUT2D eigenvalue weighted by molar-refractivity contribution is 0.193.